The average Bonchev–Trinajstić information content (AvgIpc) is 2.09. The summed E-state index contributed by atoms with van der Waals surface area (Å²) in [7, 11) is 0. The first-order valence-electron chi connectivity index (χ1n) is 4.53. The van der Waals surface area contributed by atoms with Crippen LogP contribution >= 0.6 is 0 Å². The quantitative estimate of drug-likeness (QED) is 0.574. The van der Waals surface area contributed by atoms with Crippen LogP contribution in [0, 0.1) is 0 Å². The van der Waals surface area contributed by atoms with Crippen LogP contribution < -0.4 is 0 Å². The van der Waals surface area contributed by atoms with Gasteiger partial charge in [-0.3, -0.25) is 9.80 Å². The SMILES string of the molecule is C=CCN1CCN(CC=C)CC1. The van der Waals surface area contributed by atoms with Gasteiger partial charge in [0.05, 0.1) is 0 Å². The summed E-state index contributed by atoms with van der Waals surface area (Å²) in [6, 6.07) is 0. The maximum atomic E-state index is 3.74. The van der Waals surface area contributed by atoms with Crippen LogP contribution in [-0.2, 0) is 0 Å². The minimum Gasteiger partial charge on any atom is -0.297 e. The zero-order chi connectivity index (χ0) is 8.81. The molecule has 1 fully saturated rings. The van der Waals surface area contributed by atoms with Gasteiger partial charge in [0.1, 0.15) is 0 Å². The molecular weight excluding hydrogens is 148 g/mol. The molecule has 1 saturated heterocycles. The lowest BCUT2D eigenvalue weighted by Crippen LogP contribution is -2.46. The van der Waals surface area contributed by atoms with Gasteiger partial charge >= 0.3 is 0 Å². The largest absolute Gasteiger partial charge is 0.297 e. The van der Waals surface area contributed by atoms with E-state index in [1.165, 1.54) is 26.2 Å². The lowest BCUT2D eigenvalue weighted by atomic mass is 10.3. The Morgan fingerprint density at radius 3 is 1.42 bits per heavy atom. The fraction of sp³-hybridized carbons (Fsp3) is 0.600. The van der Waals surface area contributed by atoms with E-state index < -0.39 is 0 Å². The Bertz CT molecular complexity index is 128. The van der Waals surface area contributed by atoms with E-state index in [9.17, 15) is 0 Å². The van der Waals surface area contributed by atoms with Gasteiger partial charge in [-0.05, 0) is 0 Å². The van der Waals surface area contributed by atoms with E-state index in [4.69, 9.17) is 0 Å². The van der Waals surface area contributed by atoms with E-state index >= 15 is 0 Å². The Hall–Kier alpha value is -0.600. The molecule has 0 atom stereocenters. The zero-order valence-electron chi connectivity index (χ0n) is 7.71. The highest BCUT2D eigenvalue weighted by Crippen LogP contribution is 2.00. The zero-order valence-corrected chi connectivity index (χ0v) is 7.71. The Balaban J connectivity index is 2.19. The second kappa shape index (κ2) is 5.12. The number of hydrogen-bond acceptors (Lipinski definition) is 2. The highest BCUT2D eigenvalue weighted by Gasteiger charge is 2.13. The molecule has 12 heavy (non-hydrogen) atoms. The van der Waals surface area contributed by atoms with Crippen molar-refractivity contribution in [1.82, 2.24) is 9.80 Å². The first-order chi connectivity index (χ1) is 5.86. The predicted octanol–water partition coefficient (Wildman–Crippen LogP) is 0.976. The Labute approximate surface area is 75.2 Å². The van der Waals surface area contributed by atoms with Crippen LogP contribution in [-0.4, -0.2) is 49.1 Å². The van der Waals surface area contributed by atoms with Crippen molar-refractivity contribution in [1.29, 1.82) is 0 Å². The molecule has 0 aliphatic carbocycles. The summed E-state index contributed by atoms with van der Waals surface area (Å²) in [4.78, 5) is 4.85. The van der Waals surface area contributed by atoms with Crippen LogP contribution in [0.2, 0.25) is 0 Å². The standard InChI is InChI=1S/C10H18N2/c1-3-5-11-7-9-12(6-4-2)10-8-11/h3-4H,1-2,5-10H2. The van der Waals surface area contributed by atoms with Crippen molar-refractivity contribution in [2.45, 2.75) is 0 Å². The molecule has 2 nitrogen and oxygen atoms in total. The van der Waals surface area contributed by atoms with Crippen molar-refractivity contribution in [2.24, 2.45) is 0 Å². The third-order valence-corrected chi connectivity index (χ3v) is 2.24. The minimum atomic E-state index is 1.03. The van der Waals surface area contributed by atoms with E-state index in [0.717, 1.165) is 13.1 Å². The van der Waals surface area contributed by atoms with Gasteiger partial charge < -0.3 is 0 Å². The Kier molecular flexibility index (Phi) is 4.05. The average molecular weight is 166 g/mol. The highest BCUT2D eigenvalue weighted by atomic mass is 15.3. The number of piperazine rings is 1. The maximum Gasteiger partial charge on any atom is 0.0161 e. The van der Waals surface area contributed by atoms with Crippen molar-refractivity contribution in [3.05, 3.63) is 25.3 Å². The van der Waals surface area contributed by atoms with Gasteiger partial charge in [-0.25, -0.2) is 0 Å². The molecule has 0 saturated carbocycles. The Morgan fingerprint density at radius 2 is 1.17 bits per heavy atom. The molecule has 0 N–H and O–H groups in total. The first-order valence-corrected chi connectivity index (χ1v) is 4.53. The molecule has 1 rings (SSSR count). The summed E-state index contributed by atoms with van der Waals surface area (Å²) in [5, 5.41) is 0. The second-order valence-electron chi connectivity index (χ2n) is 3.18. The maximum absolute atomic E-state index is 3.74. The van der Waals surface area contributed by atoms with E-state index in [-0.39, 0.29) is 0 Å². The molecule has 0 spiro atoms. The topological polar surface area (TPSA) is 6.48 Å². The predicted molar refractivity (Wildman–Crippen MR) is 53.3 cm³/mol. The lowest BCUT2D eigenvalue weighted by molar-refractivity contribution is 0.154. The van der Waals surface area contributed by atoms with Gasteiger partial charge in [-0.1, -0.05) is 12.2 Å². The van der Waals surface area contributed by atoms with Gasteiger partial charge in [0.25, 0.3) is 0 Å². The normalized spacial score (nSPS) is 20.7. The third-order valence-electron chi connectivity index (χ3n) is 2.24. The van der Waals surface area contributed by atoms with Crippen LogP contribution in [0.15, 0.2) is 25.3 Å². The molecule has 0 amide bonds. The van der Waals surface area contributed by atoms with Crippen LogP contribution in [0.5, 0.6) is 0 Å². The van der Waals surface area contributed by atoms with Crippen LogP contribution in [0.1, 0.15) is 0 Å². The molecule has 0 unspecified atom stereocenters. The summed E-state index contributed by atoms with van der Waals surface area (Å²) in [5.74, 6) is 0. The van der Waals surface area contributed by atoms with Crippen molar-refractivity contribution in [3.8, 4) is 0 Å². The van der Waals surface area contributed by atoms with Crippen molar-refractivity contribution in [2.75, 3.05) is 39.3 Å². The first kappa shape index (κ1) is 9.49. The highest BCUT2D eigenvalue weighted by molar-refractivity contribution is 4.81. The fourth-order valence-corrected chi connectivity index (χ4v) is 1.52. The third kappa shape index (κ3) is 2.80. The van der Waals surface area contributed by atoms with Gasteiger partial charge in [0.15, 0.2) is 0 Å². The van der Waals surface area contributed by atoms with Gasteiger partial charge in [-0.15, -0.1) is 13.2 Å². The Morgan fingerprint density at radius 1 is 0.833 bits per heavy atom. The van der Waals surface area contributed by atoms with Crippen LogP contribution in [0.4, 0.5) is 0 Å². The van der Waals surface area contributed by atoms with Crippen LogP contribution in [0.25, 0.3) is 0 Å². The van der Waals surface area contributed by atoms with E-state index in [1.807, 2.05) is 12.2 Å². The molecule has 1 aliphatic heterocycles. The summed E-state index contributed by atoms with van der Waals surface area (Å²) < 4.78 is 0. The summed E-state index contributed by atoms with van der Waals surface area (Å²) in [6.45, 7) is 14.2. The molecule has 0 aromatic carbocycles. The van der Waals surface area contributed by atoms with E-state index in [1.54, 1.807) is 0 Å². The van der Waals surface area contributed by atoms with Crippen LogP contribution in [0.3, 0.4) is 0 Å². The molecule has 0 radical (unpaired) electrons. The molecule has 2 heteroatoms. The molecule has 0 bridgehead atoms. The van der Waals surface area contributed by atoms with E-state index in [0.29, 0.717) is 0 Å². The molecule has 0 aromatic heterocycles. The van der Waals surface area contributed by atoms with Crippen molar-refractivity contribution >= 4 is 0 Å². The summed E-state index contributed by atoms with van der Waals surface area (Å²) >= 11 is 0. The fourth-order valence-electron chi connectivity index (χ4n) is 1.52. The van der Waals surface area contributed by atoms with Gasteiger partial charge in [-0.2, -0.15) is 0 Å². The van der Waals surface area contributed by atoms with Crippen molar-refractivity contribution in [3.63, 3.8) is 0 Å². The molecular formula is C10H18N2. The lowest BCUT2D eigenvalue weighted by Gasteiger charge is -2.33. The summed E-state index contributed by atoms with van der Waals surface area (Å²) in [5.41, 5.74) is 0. The molecule has 0 aromatic rings. The van der Waals surface area contributed by atoms with Gasteiger partial charge in [0, 0.05) is 39.3 Å². The van der Waals surface area contributed by atoms with E-state index in [2.05, 4.69) is 23.0 Å². The smallest absolute Gasteiger partial charge is 0.0161 e. The van der Waals surface area contributed by atoms with Crippen molar-refractivity contribution < 1.29 is 0 Å². The molecule has 68 valence electrons. The van der Waals surface area contributed by atoms with Gasteiger partial charge in [0.2, 0.25) is 0 Å². The second-order valence-corrected chi connectivity index (χ2v) is 3.18. The number of nitrogens with zero attached hydrogens (tertiary/aromatic N) is 2. The number of hydrogen-bond donors (Lipinski definition) is 0. The molecule has 1 aliphatic rings. The summed E-state index contributed by atoms with van der Waals surface area (Å²) in [6.07, 6.45) is 3.95. The monoisotopic (exact) mass is 166 g/mol. The minimum absolute atomic E-state index is 1.03. The molecule has 1 heterocycles. The number of rotatable bonds is 4.